The molecule has 3 aromatic rings. The second-order valence-corrected chi connectivity index (χ2v) is 10.5. The van der Waals surface area contributed by atoms with Gasteiger partial charge in [0.25, 0.3) is 0 Å². The number of rotatable bonds is 12. The minimum atomic E-state index is -3.28. The maximum atomic E-state index is 14.4. The molecular formula is C27H32NO3P. The average Bonchev–Trinajstić information content (AvgIpc) is 2.86. The zero-order valence-electron chi connectivity index (χ0n) is 18.6. The summed E-state index contributed by atoms with van der Waals surface area (Å²) in [7, 11) is -3.28. The van der Waals surface area contributed by atoms with E-state index >= 15 is 0 Å². The van der Waals surface area contributed by atoms with Crippen LogP contribution in [0.1, 0.15) is 49.4 Å². The molecule has 0 aliphatic rings. The van der Waals surface area contributed by atoms with E-state index in [-0.39, 0.29) is 5.78 Å². The van der Waals surface area contributed by atoms with Crippen molar-refractivity contribution in [3.8, 4) is 0 Å². The van der Waals surface area contributed by atoms with Gasteiger partial charge in [0, 0.05) is 22.2 Å². The van der Waals surface area contributed by atoms with Crippen molar-refractivity contribution in [3.05, 3.63) is 96.6 Å². The molecular weight excluding hydrogens is 417 g/mol. The van der Waals surface area contributed by atoms with E-state index in [1.807, 2.05) is 66.7 Å². The normalized spacial score (nSPS) is 13.4. The Morgan fingerprint density at radius 2 is 1.31 bits per heavy atom. The van der Waals surface area contributed by atoms with Crippen molar-refractivity contribution in [2.24, 2.45) is 0 Å². The highest BCUT2D eigenvalue weighted by atomic mass is 31.2. The number of Topliss-reactive ketones (excluding diaryl/α,β-unsaturated/α-hetero) is 1. The van der Waals surface area contributed by atoms with Crippen molar-refractivity contribution in [2.45, 2.75) is 51.2 Å². The molecule has 0 fully saturated rings. The van der Waals surface area contributed by atoms with Gasteiger partial charge >= 0.3 is 0 Å². The van der Waals surface area contributed by atoms with Crippen LogP contribution >= 0.6 is 7.29 Å². The minimum absolute atomic E-state index is 0.355. The molecule has 3 aromatic carbocycles. The lowest BCUT2D eigenvalue weighted by Crippen LogP contribution is -2.46. The fourth-order valence-electron chi connectivity index (χ4n) is 3.85. The molecule has 0 aromatic heterocycles. The Kier molecular flexibility index (Phi) is 8.99. The number of carbonyl (C=O) groups excluding carboxylic acids is 1. The summed E-state index contributed by atoms with van der Waals surface area (Å²) in [6.07, 6.45) is 3.29. The zero-order chi connectivity index (χ0) is 22.8. The quantitative estimate of drug-likeness (QED) is 0.230. The van der Waals surface area contributed by atoms with E-state index in [1.165, 1.54) is 0 Å². The van der Waals surface area contributed by atoms with Crippen molar-refractivity contribution in [2.75, 3.05) is 0 Å². The van der Waals surface area contributed by atoms with Gasteiger partial charge in [0.15, 0.2) is 5.78 Å². The molecule has 0 aliphatic carbocycles. The van der Waals surface area contributed by atoms with E-state index in [0.717, 1.165) is 25.7 Å². The molecule has 2 atom stereocenters. The second kappa shape index (κ2) is 11.9. The smallest absolute Gasteiger partial charge is 0.204 e. The fraction of sp³-hybridized carbons (Fsp3) is 0.296. The van der Waals surface area contributed by atoms with Gasteiger partial charge in [-0.1, -0.05) is 99.3 Å². The summed E-state index contributed by atoms with van der Waals surface area (Å²) >= 11 is 0. The first-order chi connectivity index (χ1) is 15.6. The Balaban J connectivity index is 1.94. The SMILES string of the molecule is CCCCCC[C@@H](NP(=O)(c1ccccc1)c1ccccc1)[C@@H](O)C(=O)c1ccccc1. The summed E-state index contributed by atoms with van der Waals surface area (Å²) in [5.41, 5.74) is 0.453. The van der Waals surface area contributed by atoms with Crippen molar-refractivity contribution in [1.29, 1.82) is 0 Å². The summed E-state index contributed by atoms with van der Waals surface area (Å²) in [6.45, 7) is 2.14. The van der Waals surface area contributed by atoms with Crippen molar-refractivity contribution in [1.82, 2.24) is 5.09 Å². The van der Waals surface area contributed by atoms with Gasteiger partial charge in [-0.15, -0.1) is 0 Å². The number of ketones is 1. The highest BCUT2D eigenvalue weighted by molar-refractivity contribution is 7.76. The molecule has 4 nitrogen and oxygen atoms in total. The third-order valence-electron chi connectivity index (χ3n) is 5.66. The van der Waals surface area contributed by atoms with Crippen LogP contribution in [0.5, 0.6) is 0 Å². The topological polar surface area (TPSA) is 66.4 Å². The van der Waals surface area contributed by atoms with Gasteiger partial charge in [-0.3, -0.25) is 14.4 Å². The summed E-state index contributed by atoms with van der Waals surface area (Å²) in [6, 6.07) is 26.7. The number of hydrogen-bond donors (Lipinski definition) is 2. The lowest BCUT2D eigenvalue weighted by molar-refractivity contribution is 0.0669. The number of benzene rings is 3. The van der Waals surface area contributed by atoms with E-state index in [9.17, 15) is 14.5 Å². The fourth-order valence-corrected chi connectivity index (χ4v) is 6.37. The summed E-state index contributed by atoms with van der Waals surface area (Å²) < 4.78 is 14.4. The number of aliphatic hydroxyl groups is 1. The maximum absolute atomic E-state index is 14.4. The Hall–Kier alpha value is -2.52. The molecule has 5 heteroatoms. The van der Waals surface area contributed by atoms with E-state index in [1.54, 1.807) is 24.3 Å². The number of hydrogen-bond acceptors (Lipinski definition) is 3. The molecule has 32 heavy (non-hydrogen) atoms. The van der Waals surface area contributed by atoms with E-state index in [4.69, 9.17) is 0 Å². The molecule has 0 aliphatic heterocycles. The number of aliphatic hydroxyl groups excluding tert-OH is 1. The second-order valence-electron chi connectivity index (χ2n) is 8.04. The summed E-state index contributed by atoms with van der Waals surface area (Å²) in [4.78, 5) is 13.1. The van der Waals surface area contributed by atoms with E-state index in [0.29, 0.717) is 22.6 Å². The summed E-state index contributed by atoms with van der Waals surface area (Å²) in [5.74, 6) is -0.355. The molecule has 0 heterocycles. The number of carbonyl (C=O) groups is 1. The average molecular weight is 450 g/mol. The molecule has 0 radical (unpaired) electrons. The highest BCUT2D eigenvalue weighted by Crippen LogP contribution is 2.40. The Morgan fingerprint density at radius 3 is 1.81 bits per heavy atom. The van der Waals surface area contributed by atoms with E-state index < -0.39 is 19.4 Å². The monoisotopic (exact) mass is 449 g/mol. The van der Waals surface area contributed by atoms with Gasteiger partial charge in [0.05, 0.1) is 0 Å². The van der Waals surface area contributed by atoms with Crippen molar-refractivity contribution in [3.63, 3.8) is 0 Å². The first-order valence-corrected chi connectivity index (χ1v) is 13.0. The highest BCUT2D eigenvalue weighted by Gasteiger charge is 2.35. The molecule has 2 N–H and O–H groups in total. The Bertz CT molecular complexity index is 965. The van der Waals surface area contributed by atoms with Crippen LogP contribution in [-0.4, -0.2) is 23.0 Å². The maximum Gasteiger partial charge on any atom is 0.204 e. The molecule has 168 valence electrons. The van der Waals surface area contributed by atoms with Gasteiger partial charge in [-0.05, 0) is 30.7 Å². The van der Waals surface area contributed by atoms with Crippen LogP contribution in [0.2, 0.25) is 0 Å². The van der Waals surface area contributed by atoms with Crippen LogP contribution in [-0.2, 0) is 4.57 Å². The summed E-state index contributed by atoms with van der Waals surface area (Å²) in [5, 5.41) is 15.7. The first kappa shape index (κ1) is 24.1. The lowest BCUT2D eigenvalue weighted by atomic mass is 9.97. The minimum Gasteiger partial charge on any atom is -0.383 e. The van der Waals surface area contributed by atoms with Gasteiger partial charge < -0.3 is 5.11 Å². The van der Waals surface area contributed by atoms with Crippen molar-refractivity contribution < 1.29 is 14.5 Å². The third-order valence-corrected chi connectivity index (χ3v) is 8.41. The molecule has 0 unspecified atom stereocenters. The van der Waals surface area contributed by atoms with Crippen molar-refractivity contribution >= 4 is 23.7 Å². The molecule has 0 spiro atoms. The van der Waals surface area contributed by atoms with Gasteiger partial charge in [-0.2, -0.15) is 0 Å². The molecule has 3 rings (SSSR count). The van der Waals surface area contributed by atoms with Crippen LogP contribution < -0.4 is 15.7 Å². The molecule has 0 amide bonds. The van der Waals surface area contributed by atoms with Crippen LogP contribution in [0.15, 0.2) is 91.0 Å². The van der Waals surface area contributed by atoms with Crippen LogP contribution in [0.25, 0.3) is 0 Å². The standard InChI is InChI=1S/C27H32NO3P/c1-2-3-4-14-21-25(27(30)26(29)22-15-8-5-9-16-22)28-32(31,23-17-10-6-11-18-23)24-19-12-7-13-20-24/h5-13,15-20,25,27,30H,2-4,14,21H2,1H3,(H,28,31)/t25-,27-/m1/s1. The Morgan fingerprint density at radius 1 is 0.812 bits per heavy atom. The van der Waals surface area contributed by atoms with Gasteiger partial charge in [-0.25, -0.2) is 0 Å². The predicted octanol–water partition coefficient (Wildman–Crippen LogP) is 5.09. The largest absolute Gasteiger partial charge is 0.383 e. The van der Waals surface area contributed by atoms with Crippen LogP contribution in [0, 0.1) is 0 Å². The molecule has 0 saturated heterocycles. The number of nitrogens with one attached hydrogen (secondary N) is 1. The molecule has 0 saturated carbocycles. The first-order valence-electron chi connectivity index (χ1n) is 11.3. The van der Waals surface area contributed by atoms with E-state index in [2.05, 4.69) is 12.0 Å². The zero-order valence-corrected chi connectivity index (χ0v) is 19.5. The molecule has 0 bridgehead atoms. The van der Waals surface area contributed by atoms with Gasteiger partial charge in [0.1, 0.15) is 6.10 Å². The van der Waals surface area contributed by atoms with Crippen LogP contribution in [0.4, 0.5) is 0 Å². The lowest BCUT2D eigenvalue weighted by Gasteiger charge is -2.29. The Labute approximate surface area is 191 Å². The third kappa shape index (κ3) is 6.04. The van der Waals surface area contributed by atoms with Gasteiger partial charge in [0.2, 0.25) is 7.29 Å². The van der Waals surface area contributed by atoms with Crippen LogP contribution in [0.3, 0.4) is 0 Å². The predicted molar refractivity (Wildman–Crippen MR) is 132 cm³/mol. The number of unbranched alkanes of at least 4 members (excludes halogenated alkanes) is 3.